The van der Waals surface area contributed by atoms with Crippen LogP contribution in [-0.2, 0) is 39.7 Å². The standard InChI is InChI=1S/C22H41N5O7/c1-19(2)27-18-21(25-26-27)4-5-22(29)24-7-9-31-11-13-33-15-17-34-16-14-32-12-10-30-8-6-23-20(3)28/h18-19H,4-17H2,1-3H3,(H,23,28)(H,24,29). The maximum absolute atomic E-state index is 11.9. The van der Waals surface area contributed by atoms with Crippen LogP contribution in [0.25, 0.3) is 0 Å². The Kier molecular flexibility index (Phi) is 17.8. The number of aromatic nitrogens is 3. The first kappa shape index (κ1) is 29.9. The minimum absolute atomic E-state index is 0.0328. The summed E-state index contributed by atoms with van der Waals surface area (Å²) < 4.78 is 28.7. The molecule has 196 valence electrons. The molecule has 0 saturated carbocycles. The Balaban J connectivity index is 1.76. The van der Waals surface area contributed by atoms with Crippen LogP contribution in [0.5, 0.6) is 0 Å². The summed E-state index contributed by atoms with van der Waals surface area (Å²) in [5, 5.41) is 13.6. The summed E-state index contributed by atoms with van der Waals surface area (Å²) in [4.78, 5) is 22.5. The molecule has 0 aliphatic heterocycles. The van der Waals surface area contributed by atoms with Crippen molar-refractivity contribution in [1.82, 2.24) is 25.6 Å². The zero-order valence-electron chi connectivity index (χ0n) is 20.8. The van der Waals surface area contributed by atoms with E-state index in [9.17, 15) is 9.59 Å². The summed E-state index contributed by atoms with van der Waals surface area (Å²) in [6, 6.07) is 0.258. The van der Waals surface area contributed by atoms with Crippen molar-refractivity contribution < 1.29 is 33.3 Å². The molecule has 0 fully saturated rings. The van der Waals surface area contributed by atoms with Crippen LogP contribution in [0.15, 0.2) is 6.20 Å². The number of ether oxygens (including phenoxy) is 5. The summed E-state index contributed by atoms with van der Waals surface area (Å²) >= 11 is 0. The number of nitrogens with zero attached hydrogens (tertiary/aromatic N) is 3. The third-order valence-corrected chi connectivity index (χ3v) is 4.37. The lowest BCUT2D eigenvalue weighted by Gasteiger charge is -2.08. The van der Waals surface area contributed by atoms with Crippen molar-refractivity contribution in [3.8, 4) is 0 Å². The maximum atomic E-state index is 11.9. The molecule has 12 nitrogen and oxygen atoms in total. The van der Waals surface area contributed by atoms with Crippen LogP contribution in [-0.4, -0.2) is 106 Å². The highest BCUT2D eigenvalue weighted by Gasteiger charge is 2.06. The molecule has 0 atom stereocenters. The van der Waals surface area contributed by atoms with Crippen LogP contribution in [0, 0.1) is 0 Å². The molecule has 1 aromatic heterocycles. The molecular formula is C22H41N5O7. The minimum Gasteiger partial charge on any atom is -0.377 e. The topological polar surface area (TPSA) is 135 Å². The predicted octanol–water partition coefficient (Wildman–Crippen LogP) is 0.127. The van der Waals surface area contributed by atoms with E-state index in [2.05, 4.69) is 20.9 Å². The van der Waals surface area contributed by atoms with E-state index < -0.39 is 0 Å². The number of carbonyl (C=O) groups is 2. The van der Waals surface area contributed by atoms with E-state index >= 15 is 0 Å². The number of hydrogen-bond donors (Lipinski definition) is 2. The van der Waals surface area contributed by atoms with E-state index in [4.69, 9.17) is 23.7 Å². The van der Waals surface area contributed by atoms with Crippen molar-refractivity contribution in [3.05, 3.63) is 11.9 Å². The van der Waals surface area contributed by atoms with E-state index in [0.717, 1.165) is 5.69 Å². The summed E-state index contributed by atoms with van der Waals surface area (Å²) in [6.07, 6.45) is 2.81. The maximum Gasteiger partial charge on any atom is 0.220 e. The third kappa shape index (κ3) is 17.4. The molecule has 0 radical (unpaired) electrons. The zero-order chi connectivity index (χ0) is 24.9. The Morgan fingerprint density at radius 2 is 1.29 bits per heavy atom. The molecule has 1 heterocycles. The van der Waals surface area contributed by atoms with Crippen LogP contribution < -0.4 is 10.6 Å². The first-order valence-electron chi connectivity index (χ1n) is 11.8. The van der Waals surface area contributed by atoms with E-state index in [0.29, 0.717) is 92.0 Å². The molecule has 12 heteroatoms. The lowest BCUT2D eigenvalue weighted by molar-refractivity contribution is -0.121. The average molecular weight is 488 g/mol. The second-order valence-corrected chi connectivity index (χ2v) is 7.68. The molecule has 2 amide bonds. The van der Waals surface area contributed by atoms with Gasteiger partial charge in [0.2, 0.25) is 11.8 Å². The van der Waals surface area contributed by atoms with E-state index in [1.165, 1.54) is 6.92 Å². The first-order chi connectivity index (χ1) is 16.5. The molecule has 34 heavy (non-hydrogen) atoms. The number of nitrogens with one attached hydrogen (secondary N) is 2. The SMILES string of the molecule is CC(=O)NCCOCCOCCOCCOCCOCCNC(=O)CCc1cn(C(C)C)nn1. The number of aryl methyl sites for hydroxylation is 1. The van der Waals surface area contributed by atoms with Gasteiger partial charge in [0.1, 0.15) is 0 Å². The van der Waals surface area contributed by atoms with Gasteiger partial charge in [-0.2, -0.15) is 0 Å². The first-order valence-corrected chi connectivity index (χ1v) is 11.8. The van der Waals surface area contributed by atoms with Gasteiger partial charge in [-0.15, -0.1) is 5.10 Å². The molecule has 0 aromatic carbocycles. The van der Waals surface area contributed by atoms with Crippen LogP contribution >= 0.6 is 0 Å². The van der Waals surface area contributed by atoms with Gasteiger partial charge in [0.15, 0.2) is 0 Å². The fraction of sp³-hybridized carbons (Fsp3) is 0.818. The Labute approximate surface area is 202 Å². The van der Waals surface area contributed by atoms with E-state index in [1.54, 1.807) is 4.68 Å². The highest BCUT2D eigenvalue weighted by atomic mass is 16.6. The van der Waals surface area contributed by atoms with Crippen LogP contribution in [0.1, 0.15) is 38.9 Å². The van der Waals surface area contributed by atoms with Crippen molar-refractivity contribution in [2.24, 2.45) is 0 Å². The van der Waals surface area contributed by atoms with Crippen molar-refractivity contribution in [2.75, 3.05) is 79.2 Å². The van der Waals surface area contributed by atoms with Gasteiger partial charge in [-0.05, 0) is 13.8 Å². The summed E-state index contributed by atoms with van der Waals surface area (Å²) in [5.41, 5.74) is 0.815. The summed E-state index contributed by atoms with van der Waals surface area (Å²) in [5.74, 6) is -0.0967. The second kappa shape index (κ2) is 20.3. The molecule has 0 saturated heterocycles. The lowest BCUT2D eigenvalue weighted by Crippen LogP contribution is -2.27. The van der Waals surface area contributed by atoms with Crippen LogP contribution in [0.2, 0.25) is 0 Å². The predicted molar refractivity (Wildman–Crippen MR) is 125 cm³/mol. The van der Waals surface area contributed by atoms with Gasteiger partial charge < -0.3 is 34.3 Å². The van der Waals surface area contributed by atoms with Crippen molar-refractivity contribution in [1.29, 1.82) is 0 Å². The molecule has 2 N–H and O–H groups in total. The van der Waals surface area contributed by atoms with Crippen molar-refractivity contribution in [2.45, 2.75) is 39.7 Å². The molecule has 0 aliphatic carbocycles. The van der Waals surface area contributed by atoms with E-state index in [-0.39, 0.29) is 17.9 Å². The van der Waals surface area contributed by atoms with Crippen LogP contribution in [0.4, 0.5) is 0 Å². The Bertz CT molecular complexity index is 657. The van der Waals surface area contributed by atoms with Crippen LogP contribution in [0.3, 0.4) is 0 Å². The van der Waals surface area contributed by atoms with Gasteiger partial charge in [0.25, 0.3) is 0 Å². The van der Waals surface area contributed by atoms with E-state index in [1.807, 2.05) is 20.0 Å². The zero-order valence-corrected chi connectivity index (χ0v) is 20.8. The molecule has 1 rings (SSSR count). The number of hydrogen-bond acceptors (Lipinski definition) is 9. The Hall–Kier alpha value is -2.12. The average Bonchev–Trinajstić information content (AvgIpc) is 3.28. The highest BCUT2D eigenvalue weighted by molar-refractivity contribution is 5.76. The summed E-state index contributed by atoms with van der Waals surface area (Å²) in [6.45, 7) is 11.2. The van der Waals surface area contributed by atoms with Gasteiger partial charge in [-0.3, -0.25) is 9.59 Å². The Morgan fingerprint density at radius 3 is 1.74 bits per heavy atom. The quantitative estimate of drug-likeness (QED) is 0.219. The molecule has 0 bridgehead atoms. The molecule has 0 unspecified atom stereocenters. The largest absolute Gasteiger partial charge is 0.377 e. The fourth-order valence-electron chi connectivity index (χ4n) is 2.55. The molecular weight excluding hydrogens is 446 g/mol. The van der Waals surface area contributed by atoms with Gasteiger partial charge in [-0.25, -0.2) is 4.68 Å². The normalized spacial score (nSPS) is 11.2. The number of rotatable bonds is 22. The fourth-order valence-corrected chi connectivity index (χ4v) is 2.55. The van der Waals surface area contributed by atoms with Crippen molar-refractivity contribution in [3.63, 3.8) is 0 Å². The molecule has 0 aliphatic rings. The highest BCUT2D eigenvalue weighted by Crippen LogP contribution is 2.04. The molecule has 1 aromatic rings. The van der Waals surface area contributed by atoms with Gasteiger partial charge in [-0.1, -0.05) is 5.21 Å². The smallest absolute Gasteiger partial charge is 0.220 e. The lowest BCUT2D eigenvalue weighted by atomic mass is 10.2. The molecule has 0 spiro atoms. The minimum atomic E-state index is -0.0639. The number of amides is 2. The number of carbonyl (C=O) groups excluding carboxylic acids is 2. The monoisotopic (exact) mass is 487 g/mol. The van der Waals surface area contributed by atoms with Gasteiger partial charge in [0.05, 0.1) is 71.8 Å². The Morgan fingerprint density at radius 1 is 0.824 bits per heavy atom. The van der Waals surface area contributed by atoms with Gasteiger partial charge >= 0.3 is 0 Å². The second-order valence-electron chi connectivity index (χ2n) is 7.68. The van der Waals surface area contributed by atoms with Crippen molar-refractivity contribution >= 4 is 11.8 Å². The van der Waals surface area contributed by atoms with Gasteiger partial charge in [0, 0.05) is 45.1 Å². The summed E-state index contributed by atoms with van der Waals surface area (Å²) in [7, 11) is 0. The third-order valence-electron chi connectivity index (χ3n) is 4.37.